The predicted octanol–water partition coefficient (Wildman–Crippen LogP) is 3.45. The molecule has 0 aliphatic rings. The second-order valence-electron chi connectivity index (χ2n) is 5.18. The van der Waals surface area contributed by atoms with Crippen LogP contribution in [0.25, 0.3) is 0 Å². The molecule has 148 valence electrons. The molecule has 0 saturated carbocycles. The number of nitro groups is 1. The first-order valence-corrected chi connectivity index (χ1v) is 8.41. The van der Waals surface area contributed by atoms with Crippen molar-refractivity contribution in [3.8, 4) is 17.2 Å². The van der Waals surface area contributed by atoms with E-state index in [-0.39, 0.29) is 40.1 Å². The normalized spacial score (nSPS) is 10.6. The molecule has 2 aromatic rings. The number of nitrogens with zero attached hydrogens (tertiary/aromatic N) is 2. The number of hydrogen-bond donors (Lipinski definition) is 1. The lowest BCUT2D eigenvalue weighted by atomic mass is 10.1. The van der Waals surface area contributed by atoms with Gasteiger partial charge in [0.2, 0.25) is 0 Å². The van der Waals surface area contributed by atoms with Crippen LogP contribution in [0.15, 0.2) is 35.4 Å². The number of hydrogen-bond acceptors (Lipinski definition) is 7. The van der Waals surface area contributed by atoms with E-state index in [1.165, 1.54) is 38.5 Å². The number of nitrogens with one attached hydrogen (secondary N) is 1. The maximum Gasteiger partial charge on any atom is 0.282 e. The zero-order valence-corrected chi connectivity index (χ0v) is 16.3. The van der Waals surface area contributed by atoms with E-state index in [1.807, 2.05) is 0 Å². The lowest BCUT2D eigenvalue weighted by molar-refractivity contribution is -0.385. The van der Waals surface area contributed by atoms with Crippen LogP contribution in [-0.2, 0) is 4.79 Å². The molecular formula is C17H15Cl2N3O6. The minimum atomic E-state index is -0.600. The summed E-state index contributed by atoms with van der Waals surface area (Å²) in [6.45, 7) is -0.368. The summed E-state index contributed by atoms with van der Waals surface area (Å²) in [7, 11) is 2.76. The van der Waals surface area contributed by atoms with Crippen LogP contribution in [0.5, 0.6) is 17.2 Å². The van der Waals surface area contributed by atoms with Gasteiger partial charge in [0.25, 0.3) is 11.6 Å². The molecule has 1 amide bonds. The van der Waals surface area contributed by atoms with Crippen LogP contribution in [0, 0.1) is 10.1 Å². The number of amides is 1. The number of nitro benzene ring substituents is 1. The van der Waals surface area contributed by atoms with Crippen LogP contribution in [0.1, 0.15) is 5.56 Å². The molecule has 28 heavy (non-hydrogen) atoms. The number of ether oxygens (including phenoxy) is 3. The van der Waals surface area contributed by atoms with E-state index in [2.05, 4.69) is 10.5 Å². The second kappa shape index (κ2) is 9.77. The predicted molar refractivity (Wildman–Crippen MR) is 104 cm³/mol. The zero-order valence-electron chi connectivity index (χ0n) is 14.8. The fourth-order valence-electron chi connectivity index (χ4n) is 2.09. The first-order valence-electron chi connectivity index (χ1n) is 7.66. The summed E-state index contributed by atoms with van der Waals surface area (Å²) in [5, 5.41) is 15.6. The van der Waals surface area contributed by atoms with Gasteiger partial charge < -0.3 is 14.2 Å². The molecule has 0 bridgehead atoms. The smallest absolute Gasteiger partial charge is 0.282 e. The van der Waals surface area contributed by atoms with Crippen LogP contribution in [0.2, 0.25) is 10.0 Å². The molecule has 0 aliphatic carbocycles. The maximum atomic E-state index is 11.8. The monoisotopic (exact) mass is 427 g/mol. The van der Waals surface area contributed by atoms with Crippen molar-refractivity contribution < 1.29 is 23.9 Å². The number of rotatable bonds is 8. The highest BCUT2D eigenvalue weighted by molar-refractivity contribution is 6.35. The molecule has 0 aromatic heterocycles. The van der Waals surface area contributed by atoms with Gasteiger partial charge in [0.05, 0.1) is 42.0 Å². The van der Waals surface area contributed by atoms with Crippen molar-refractivity contribution in [2.75, 3.05) is 20.8 Å². The molecule has 0 spiro atoms. The molecule has 0 aliphatic heterocycles. The number of benzene rings is 2. The average molecular weight is 428 g/mol. The van der Waals surface area contributed by atoms with Gasteiger partial charge in [0, 0.05) is 5.02 Å². The summed E-state index contributed by atoms with van der Waals surface area (Å²) in [6.07, 6.45) is 1.12. The molecule has 2 aromatic carbocycles. The fourth-order valence-corrected chi connectivity index (χ4v) is 2.55. The summed E-state index contributed by atoms with van der Waals surface area (Å²) in [5.74, 6) is 0.163. The summed E-state index contributed by atoms with van der Waals surface area (Å²) in [5.41, 5.74) is 2.06. The fraction of sp³-hybridized carbons (Fsp3) is 0.176. The van der Waals surface area contributed by atoms with Crippen LogP contribution in [0.3, 0.4) is 0 Å². The van der Waals surface area contributed by atoms with Crippen molar-refractivity contribution >= 4 is 41.0 Å². The quantitative estimate of drug-likeness (QED) is 0.392. The Kier molecular flexibility index (Phi) is 7.42. The Morgan fingerprint density at radius 2 is 1.86 bits per heavy atom. The average Bonchev–Trinajstić information content (AvgIpc) is 2.66. The van der Waals surface area contributed by atoms with Crippen LogP contribution < -0.4 is 19.6 Å². The van der Waals surface area contributed by atoms with Crippen LogP contribution in [-0.4, -0.2) is 37.9 Å². The molecule has 11 heteroatoms. The van der Waals surface area contributed by atoms with Crippen molar-refractivity contribution in [3.05, 3.63) is 56.1 Å². The zero-order chi connectivity index (χ0) is 20.7. The Labute approximate surface area is 169 Å². The highest BCUT2D eigenvalue weighted by Crippen LogP contribution is 2.33. The summed E-state index contributed by atoms with van der Waals surface area (Å²) in [4.78, 5) is 22.4. The highest BCUT2D eigenvalue weighted by Gasteiger charge is 2.18. The molecule has 0 saturated heterocycles. The van der Waals surface area contributed by atoms with E-state index in [1.54, 1.807) is 6.07 Å². The number of hydrazone groups is 1. The van der Waals surface area contributed by atoms with Crippen LogP contribution >= 0.6 is 23.2 Å². The van der Waals surface area contributed by atoms with E-state index < -0.39 is 10.8 Å². The van der Waals surface area contributed by atoms with E-state index in [0.29, 0.717) is 5.02 Å². The van der Waals surface area contributed by atoms with Gasteiger partial charge in [-0.2, -0.15) is 5.10 Å². The van der Waals surface area contributed by atoms with E-state index in [9.17, 15) is 14.9 Å². The van der Waals surface area contributed by atoms with Crippen molar-refractivity contribution in [2.45, 2.75) is 0 Å². The molecule has 1 N–H and O–H groups in total. The van der Waals surface area contributed by atoms with E-state index in [4.69, 9.17) is 37.4 Å². The topological polar surface area (TPSA) is 112 Å². The third-order valence-corrected chi connectivity index (χ3v) is 3.91. The molecule has 0 radical (unpaired) electrons. The molecule has 2 rings (SSSR count). The Morgan fingerprint density at radius 3 is 2.46 bits per heavy atom. The molecule has 0 unspecified atom stereocenters. The van der Waals surface area contributed by atoms with Gasteiger partial charge >= 0.3 is 0 Å². The van der Waals surface area contributed by atoms with Crippen molar-refractivity contribution in [2.24, 2.45) is 5.10 Å². The Morgan fingerprint density at radius 1 is 1.18 bits per heavy atom. The SMILES string of the molecule is COc1cc(/C=N\NC(=O)COc2ccc(Cl)cc2Cl)c([N+](=O)[O-])cc1OC. The molecule has 0 atom stereocenters. The van der Waals surface area contributed by atoms with Gasteiger partial charge in [-0.25, -0.2) is 5.43 Å². The van der Waals surface area contributed by atoms with Gasteiger partial charge in [-0.3, -0.25) is 14.9 Å². The molecule has 0 heterocycles. The second-order valence-corrected chi connectivity index (χ2v) is 6.02. The minimum Gasteiger partial charge on any atom is -0.493 e. The summed E-state index contributed by atoms with van der Waals surface area (Å²) < 4.78 is 15.4. The summed E-state index contributed by atoms with van der Waals surface area (Å²) >= 11 is 11.7. The van der Waals surface area contributed by atoms with E-state index >= 15 is 0 Å². The Bertz CT molecular complexity index is 920. The molecule has 9 nitrogen and oxygen atoms in total. The third kappa shape index (κ3) is 5.48. The van der Waals surface area contributed by atoms with Gasteiger partial charge in [-0.1, -0.05) is 23.2 Å². The summed E-state index contributed by atoms with van der Waals surface area (Å²) in [6, 6.07) is 7.14. The number of methoxy groups -OCH3 is 2. The Hall–Kier alpha value is -3.04. The van der Waals surface area contributed by atoms with Gasteiger partial charge in [0.1, 0.15) is 5.75 Å². The van der Waals surface area contributed by atoms with Gasteiger partial charge in [-0.15, -0.1) is 0 Å². The minimum absolute atomic E-state index is 0.115. The van der Waals surface area contributed by atoms with Crippen LogP contribution in [0.4, 0.5) is 5.69 Å². The first-order chi connectivity index (χ1) is 13.3. The molecule has 0 fully saturated rings. The Balaban J connectivity index is 2.05. The lowest BCUT2D eigenvalue weighted by Crippen LogP contribution is -2.24. The van der Waals surface area contributed by atoms with Crippen molar-refractivity contribution in [3.63, 3.8) is 0 Å². The van der Waals surface area contributed by atoms with E-state index in [0.717, 1.165) is 6.21 Å². The molecular weight excluding hydrogens is 413 g/mol. The van der Waals surface area contributed by atoms with Crippen molar-refractivity contribution in [1.82, 2.24) is 5.43 Å². The third-order valence-electron chi connectivity index (χ3n) is 3.38. The number of halogens is 2. The first kappa shape index (κ1) is 21.3. The largest absolute Gasteiger partial charge is 0.493 e. The highest BCUT2D eigenvalue weighted by atomic mass is 35.5. The maximum absolute atomic E-state index is 11.8. The van der Waals surface area contributed by atoms with Gasteiger partial charge in [-0.05, 0) is 24.3 Å². The van der Waals surface area contributed by atoms with Gasteiger partial charge in [0.15, 0.2) is 18.1 Å². The lowest BCUT2D eigenvalue weighted by Gasteiger charge is -2.08. The number of carbonyl (C=O) groups is 1. The van der Waals surface area contributed by atoms with Crippen molar-refractivity contribution in [1.29, 1.82) is 0 Å². The number of carbonyl (C=O) groups excluding carboxylic acids is 1. The standard InChI is InChI=1S/C17H15Cl2N3O6/c1-26-15-5-10(13(22(24)25)7-16(15)27-2)8-20-21-17(23)9-28-14-4-3-11(18)6-12(14)19/h3-8H,9H2,1-2H3,(H,21,23)/b20-8-.